The monoisotopic (exact) mass is 356 g/mol. The number of pyridine rings is 1. The van der Waals surface area contributed by atoms with Crippen molar-refractivity contribution in [3.8, 4) is 0 Å². The van der Waals surface area contributed by atoms with Crippen LogP contribution in [0.3, 0.4) is 0 Å². The first-order chi connectivity index (χ1) is 12.1. The number of fused-ring (bicyclic) bond motifs is 1. The van der Waals surface area contributed by atoms with Crippen molar-refractivity contribution >= 4 is 28.2 Å². The van der Waals surface area contributed by atoms with Crippen LogP contribution in [0.15, 0.2) is 42.9 Å². The second-order valence-corrected chi connectivity index (χ2v) is 7.12. The molecule has 3 aromatic rings. The number of aromatic nitrogens is 3. The van der Waals surface area contributed by atoms with Crippen LogP contribution < -0.4 is 4.90 Å². The molecule has 0 saturated carbocycles. The van der Waals surface area contributed by atoms with Gasteiger partial charge < -0.3 is 14.6 Å². The summed E-state index contributed by atoms with van der Waals surface area (Å²) in [5.74, 6) is 0.881. The Morgan fingerprint density at radius 3 is 2.92 bits per heavy atom. The third-order valence-corrected chi connectivity index (χ3v) is 5.28. The lowest BCUT2D eigenvalue weighted by atomic mass is 9.91. The van der Waals surface area contributed by atoms with Crippen LogP contribution in [0.2, 0.25) is 5.02 Å². The molecule has 0 spiro atoms. The van der Waals surface area contributed by atoms with Gasteiger partial charge in [-0.2, -0.15) is 0 Å². The summed E-state index contributed by atoms with van der Waals surface area (Å²) >= 11 is 6.20. The van der Waals surface area contributed by atoms with Crippen molar-refractivity contribution in [1.82, 2.24) is 14.5 Å². The van der Waals surface area contributed by atoms with Crippen molar-refractivity contribution in [3.05, 3.63) is 53.7 Å². The van der Waals surface area contributed by atoms with Gasteiger partial charge in [-0.25, -0.2) is 4.98 Å². The fourth-order valence-electron chi connectivity index (χ4n) is 3.74. The first-order valence-electron chi connectivity index (χ1n) is 8.58. The molecule has 1 saturated heterocycles. The van der Waals surface area contributed by atoms with E-state index in [2.05, 4.69) is 14.9 Å². The van der Waals surface area contributed by atoms with Gasteiger partial charge in [0.25, 0.3) is 0 Å². The highest BCUT2D eigenvalue weighted by Gasteiger charge is 2.29. The Labute approximate surface area is 151 Å². The molecule has 3 heterocycles. The normalized spacial score (nSPS) is 19.3. The quantitative estimate of drug-likeness (QED) is 0.779. The van der Waals surface area contributed by atoms with Crippen molar-refractivity contribution in [2.45, 2.75) is 18.9 Å². The average Bonchev–Trinajstić information content (AvgIpc) is 3.06. The van der Waals surface area contributed by atoms with E-state index in [1.165, 1.54) is 0 Å². The molecule has 130 valence electrons. The number of hydrogen-bond acceptors (Lipinski definition) is 4. The number of aliphatic hydroxyl groups is 1. The van der Waals surface area contributed by atoms with Crippen LogP contribution in [0, 0.1) is 5.92 Å². The number of aryl methyl sites for hydroxylation is 1. The Morgan fingerprint density at radius 1 is 1.24 bits per heavy atom. The number of benzene rings is 1. The first kappa shape index (κ1) is 16.4. The number of imidazole rings is 1. The van der Waals surface area contributed by atoms with Crippen LogP contribution in [0.5, 0.6) is 0 Å². The van der Waals surface area contributed by atoms with Gasteiger partial charge in [0.1, 0.15) is 11.9 Å². The van der Waals surface area contributed by atoms with Crippen molar-refractivity contribution in [3.63, 3.8) is 0 Å². The van der Waals surface area contributed by atoms with Crippen LogP contribution in [-0.4, -0.2) is 32.7 Å². The SMILES string of the molecule is Cn1ccnc1C(O)C1CCCN(c2ccnc3ccc(Cl)cc23)C1. The van der Waals surface area contributed by atoms with Gasteiger partial charge in [0.2, 0.25) is 0 Å². The number of rotatable bonds is 3. The maximum atomic E-state index is 10.8. The minimum absolute atomic E-state index is 0.150. The summed E-state index contributed by atoms with van der Waals surface area (Å²) in [7, 11) is 1.92. The third kappa shape index (κ3) is 3.10. The van der Waals surface area contributed by atoms with E-state index in [1.54, 1.807) is 6.20 Å². The molecule has 1 N–H and O–H groups in total. The number of nitrogens with zero attached hydrogens (tertiary/aromatic N) is 4. The number of piperidine rings is 1. The Balaban J connectivity index is 1.64. The smallest absolute Gasteiger partial charge is 0.137 e. The average molecular weight is 357 g/mol. The van der Waals surface area contributed by atoms with Gasteiger partial charge in [0, 0.05) is 60.7 Å². The van der Waals surface area contributed by atoms with E-state index in [1.807, 2.05) is 48.3 Å². The molecule has 6 heteroatoms. The lowest BCUT2D eigenvalue weighted by Crippen LogP contribution is -2.38. The zero-order valence-corrected chi connectivity index (χ0v) is 14.9. The maximum absolute atomic E-state index is 10.8. The van der Waals surface area contributed by atoms with E-state index >= 15 is 0 Å². The Kier molecular flexibility index (Phi) is 4.36. The zero-order chi connectivity index (χ0) is 17.4. The highest BCUT2D eigenvalue weighted by molar-refractivity contribution is 6.31. The molecule has 2 atom stereocenters. The fourth-order valence-corrected chi connectivity index (χ4v) is 3.91. The van der Waals surface area contributed by atoms with E-state index in [9.17, 15) is 5.11 Å². The molecule has 0 bridgehead atoms. The van der Waals surface area contributed by atoms with E-state index in [-0.39, 0.29) is 5.92 Å². The molecule has 4 rings (SSSR count). The molecular weight excluding hydrogens is 336 g/mol. The summed E-state index contributed by atoms with van der Waals surface area (Å²) in [4.78, 5) is 11.1. The first-order valence-corrected chi connectivity index (χ1v) is 8.96. The summed E-state index contributed by atoms with van der Waals surface area (Å²) in [5.41, 5.74) is 2.07. The molecule has 0 amide bonds. The molecule has 1 aliphatic rings. The Hall–Kier alpha value is -2.11. The van der Waals surface area contributed by atoms with Crippen molar-refractivity contribution < 1.29 is 5.11 Å². The van der Waals surface area contributed by atoms with Crippen LogP contribution in [0.25, 0.3) is 10.9 Å². The Morgan fingerprint density at radius 2 is 2.12 bits per heavy atom. The van der Waals surface area contributed by atoms with Crippen molar-refractivity contribution in [1.29, 1.82) is 0 Å². The number of halogens is 1. The van der Waals surface area contributed by atoms with E-state index in [0.29, 0.717) is 5.02 Å². The summed E-state index contributed by atoms with van der Waals surface area (Å²) in [6.07, 6.45) is 6.92. The molecule has 2 aromatic heterocycles. The van der Waals surface area contributed by atoms with Crippen LogP contribution in [0.1, 0.15) is 24.8 Å². The number of hydrogen-bond donors (Lipinski definition) is 1. The fraction of sp³-hybridized carbons (Fsp3) is 0.368. The number of anilines is 1. The van der Waals surface area contributed by atoms with Gasteiger partial charge >= 0.3 is 0 Å². The van der Waals surface area contributed by atoms with Crippen molar-refractivity contribution in [2.24, 2.45) is 13.0 Å². The molecule has 5 nitrogen and oxygen atoms in total. The highest BCUT2D eigenvalue weighted by Crippen LogP contribution is 2.34. The molecule has 0 aliphatic carbocycles. The maximum Gasteiger partial charge on any atom is 0.137 e. The van der Waals surface area contributed by atoms with Gasteiger partial charge in [0.15, 0.2) is 0 Å². The predicted octanol–water partition coefficient (Wildman–Crippen LogP) is 3.57. The molecule has 1 fully saturated rings. The van der Waals surface area contributed by atoms with Gasteiger partial charge in [-0.1, -0.05) is 11.6 Å². The summed E-state index contributed by atoms with van der Waals surface area (Å²) in [5, 5.41) is 12.6. The summed E-state index contributed by atoms with van der Waals surface area (Å²) in [6.45, 7) is 1.76. The molecule has 1 aliphatic heterocycles. The molecule has 0 radical (unpaired) electrons. The molecule has 2 unspecified atom stereocenters. The van der Waals surface area contributed by atoms with E-state index < -0.39 is 6.10 Å². The van der Waals surface area contributed by atoms with Gasteiger partial charge in [-0.15, -0.1) is 0 Å². The van der Waals surface area contributed by atoms with Gasteiger partial charge in [-0.3, -0.25) is 4.98 Å². The largest absolute Gasteiger partial charge is 0.385 e. The van der Waals surface area contributed by atoms with Crippen LogP contribution >= 0.6 is 11.6 Å². The van der Waals surface area contributed by atoms with Gasteiger partial charge in [0.05, 0.1) is 5.52 Å². The summed E-state index contributed by atoms with van der Waals surface area (Å²) < 4.78 is 1.89. The van der Waals surface area contributed by atoms with Gasteiger partial charge in [-0.05, 0) is 37.1 Å². The summed E-state index contributed by atoms with van der Waals surface area (Å²) in [6, 6.07) is 7.82. The lowest BCUT2D eigenvalue weighted by molar-refractivity contribution is 0.0875. The topological polar surface area (TPSA) is 54.2 Å². The predicted molar refractivity (Wildman–Crippen MR) is 99.9 cm³/mol. The Bertz CT molecular complexity index is 894. The zero-order valence-electron chi connectivity index (χ0n) is 14.1. The minimum atomic E-state index is -0.556. The molecular formula is C19H21ClN4O. The van der Waals surface area contributed by atoms with Crippen molar-refractivity contribution in [2.75, 3.05) is 18.0 Å². The number of aliphatic hydroxyl groups excluding tert-OH is 1. The second-order valence-electron chi connectivity index (χ2n) is 6.68. The third-order valence-electron chi connectivity index (χ3n) is 5.05. The molecule has 25 heavy (non-hydrogen) atoms. The second kappa shape index (κ2) is 6.65. The highest BCUT2D eigenvalue weighted by atomic mass is 35.5. The van der Waals surface area contributed by atoms with Crippen LogP contribution in [0.4, 0.5) is 5.69 Å². The minimum Gasteiger partial charge on any atom is -0.385 e. The van der Waals surface area contributed by atoms with Crippen LogP contribution in [-0.2, 0) is 7.05 Å². The lowest BCUT2D eigenvalue weighted by Gasteiger charge is -2.36. The standard InChI is InChI=1S/C19H21ClN4O/c1-23-10-8-22-19(23)18(25)13-3-2-9-24(12-13)17-6-7-21-16-5-4-14(20)11-15(16)17/h4-8,10-11,13,18,25H,2-3,9,12H2,1H3. The molecule has 1 aromatic carbocycles. The van der Waals surface area contributed by atoms with E-state index in [4.69, 9.17) is 11.6 Å². The van der Waals surface area contributed by atoms with E-state index in [0.717, 1.165) is 48.3 Å².